The van der Waals surface area contributed by atoms with E-state index in [2.05, 4.69) is 10.6 Å². The van der Waals surface area contributed by atoms with Gasteiger partial charge >= 0.3 is 0 Å². The lowest BCUT2D eigenvalue weighted by atomic mass is 10.1. The van der Waals surface area contributed by atoms with Crippen molar-refractivity contribution in [2.45, 2.75) is 20.8 Å². The number of aryl methyl sites for hydroxylation is 2. The SMILES string of the molecule is CCNc1cc(C)ccc1C(=O)Nc1ccccc1C. The third kappa shape index (κ3) is 3.18. The minimum absolute atomic E-state index is 0.0877. The third-order valence-corrected chi connectivity index (χ3v) is 3.18. The Labute approximate surface area is 120 Å². The normalized spacial score (nSPS) is 10.2. The summed E-state index contributed by atoms with van der Waals surface area (Å²) in [5, 5.41) is 6.20. The molecule has 0 aromatic heterocycles. The minimum Gasteiger partial charge on any atom is -0.385 e. The smallest absolute Gasteiger partial charge is 0.257 e. The van der Waals surface area contributed by atoms with Gasteiger partial charge in [0.15, 0.2) is 0 Å². The summed E-state index contributed by atoms with van der Waals surface area (Å²) in [6, 6.07) is 13.6. The van der Waals surface area contributed by atoms with Crippen LogP contribution < -0.4 is 10.6 Å². The topological polar surface area (TPSA) is 41.1 Å². The molecule has 2 aromatic rings. The molecule has 0 atom stereocenters. The van der Waals surface area contributed by atoms with Gasteiger partial charge in [0.25, 0.3) is 5.91 Å². The van der Waals surface area contributed by atoms with Gasteiger partial charge in [0.05, 0.1) is 5.56 Å². The number of para-hydroxylation sites is 1. The van der Waals surface area contributed by atoms with Gasteiger partial charge in [-0.05, 0) is 50.1 Å². The van der Waals surface area contributed by atoms with Crippen molar-refractivity contribution in [1.82, 2.24) is 0 Å². The standard InChI is InChI=1S/C17H20N2O/c1-4-18-16-11-12(2)9-10-14(16)17(20)19-15-8-6-5-7-13(15)3/h5-11,18H,4H2,1-3H3,(H,19,20). The molecule has 3 heteroatoms. The molecular formula is C17H20N2O. The summed E-state index contributed by atoms with van der Waals surface area (Å²) in [6.07, 6.45) is 0. The zero-order valence-corrected chi connectivity index (χ0v) is 12.2. The van der Waals surface area contributed by atoms with Gasteiger partial charge in [-0.1, -0.05) is 24.3 Å². The lowest BCUT2D eigenvalue weighted by molar-refractivity contribution is 0.102. The highest BCUT2D eigenvalue weighted by molar-refractivity contribution is 6.08. The molecule has 0 radical (unpaired) electrons. The number of anilines is 2. The minimum atomic E-state index is -0.0877. The molecule has 0 heterocycles. The predicted molar refractivity (Wildman–Crippen MR) is 84.5 cm³/mol. The molecular weight excluding hydrogens is 248 g/mol. The summed E-state index contributed by atoms with van der Waals surface area (Å²) in [4.78, 5) is 12.4. The van der Waals surface area contributed by atoms with Crippen LogP contribution in [-0.4, -0.2) is 12.5 Å². The Hall–Kier alpha value is -2.29. The van der Waals surface area contributed by atoms with Gasteiger partial charge in [0.1, 0.15) is 0 Å². The number of hydrogen-bond acceptors (Lipinski definition) is 2. The summed E-state index contributed by atoms with van der Waals surface area (Å²) >= 11 is 0. The van der Waals surface area contributed by atoms with Crippen molar-refractivity contribution in [2.24, 2.45) is 0 Å². The second-order valence-corrected chi connectivity index (χ2v) is 4.85. The molecule has 0 spiro atoms. The van der Waals surface area contributed by atoms with E-state index < -0.39 is 0 Å². The Balaban J connectivity index is 2.27. The van der Waals surface area contributed by atoms with Crippen molar-refractivity contribution in [1.29, 1.82) is 0 Å². The van der Waals surface area contributed by atoms with E-state index in [1.54, 1.807) is 0 Å². The van der Waals surface area contributed by atoms with Crippen LogP contribution >= 0.6 is 0 Å². The summed E-state index contributed by atoms with van der Waals surface area (Å²) < 4.78 is 0. The van der Waals surface area contributed by atoms with Gasteiger partial charge in [-0.25, -0.2) is 0 Å². The molecule has 0 bridgehead atoms. The monoisotopic (exact) mass is 268 g/mol. The molecule has 20 heavy (non-hydrogen) atoms. The second kappa shape index (κ2) is 6.24. The Morgan fingerprint density at radius 2 is 1.80 bits per heavy atom. The van der Waals surface area contributed by atoms with E-state index in [-0.39, 0.29) is 5.91 Å². The van der Waals surface area contributed by atoms with Crippen molar-refractivity contribution in [2.75, 3.05) is 17.2 Å². The molecule has 0 aliphatic carbocycles. The second-order valence-electron chi connectivity index (χ2n) is 4.85. The zero-order valence-electron chi connectivity index (χ0n) is 12.2. The highest BCUT2D eigenvalue weighted by atomic mass is 16.1. The van der Waals surface area contributed by atoms with Crippen LogP contribution in [0, 0.1) is 13.8 Å². The van der Waals surface area contributed by atoms with Crippen molar-refractivity contribution in [3.8, 4) is 0 Å². The first-order chi connectivity index (χ1) is 9.61. The van der Waals surface area contributed by atoms with Gasteiger partial charge in [-0.3, -0.25) is 4.79 Å². The lowest BCUT2D eigenvalue weighted by Crippen LogP contribution is -2.15. The molecule has 0 saturated carbocycles. The molecule has 0 aliphatic rings. The fraction of sp³-hybridized carbons (Fsp3) is 0.235. The zero-order chi connectivity index (χ0) is 14.5. The van der Waals surface area contributed by atoms with Crippen LogP contribution in [0.3, 0.4) is 0 Å². The van der Waals surface area contributed by atoms with Gasteiger partial charge in [0, 0.05) is 17.9 Å². The first kappa shape index (κ1) is 14.1. The average Bonchev–Trinajstić information content (AvgIpc) is 2.42. The van der Waals surface area contributed by atoms with E-state index >= 15 is 0 Å². The molecule has 2 rings (SSSR count). The maximum absolute atomic E-state index is 12.4. The first-order valence-corrected chi connectivity index (χ1v) is 6.83. The Bertz CT molecular complexity index is 620. The quantitative estimate of drug-likeness (QED) is 0.880. The first-order valence-electron chi connectivity index (χ1n) is 6.83. The number of carbonyl (C=O) groups excluding carboxylic acids is 1. The van der Waals surface area contributed by atoms with Crippen molar-refractivity contribution in [3.63, 3.8) is 0 Å². The Morgan fingerprint density at radius 1 is 1.05 bits per heavy atom. The van der Waals surface area contributed by atoms with Crippen LogP contribution in [0.2, 0.25) is 0 Å². The summed E-state index contributed by atoms with van der Waals surface area (Å²) in [7, 11) is 0. The van der Waals surface area contributed by atoms with E-state index in [0.717, 1.165) is 29.0 Å². The maximum atomic E-state index is 12.4. The summed E-state index contributed by atoms with van der Waals surface area (Å²) in [5.74, 6) is -0.0877. The fourth-order valence-electron chi connectivity index (χ4n) is 2.10. The van der Waals surface area contributed by atoms with Crippen LogP contribution in [0.4, 0.5) is 11.4 Å². The largest absolute Gasteiger partial charge is 0.385 e. The van der Waals surface area contributed by atoms with Crippen molar-refractivity contribution in [3.05, 3.63) is 59.2 Å². The fourth-order valence-corrected chi connectivity index (χ4v) is 2.10. The Kier molecular flexibility index (Phi) is 4.41. The van der Waals surface area contributed by atoms with E-state index in [0.29, 0.717) is 5.56 Å². The van der Waals surface area contributed by atoms with E-state index in [1.165, 1.54) is 0 Å². The highest BCUT2D eigenvalue weighted by Gasteiger charge is 2.12. The van der Waals surface area contributed by atoms with E-state index in [1.807, 2.05) is 63.2 Å². The highest BCUT2D eigenvalue weighted by Crippen LogP contribution is 2.20. The molecule has 0 fully saturated rings. The maximum Gasteiger partial charge on any atom is 0.257 e. The van der Waals surface area contributed by atoms with Crippen LogP contribution in [0.1, 0.15) is 28.4 Å². The van der Waals surface area contributed by atoms with Crippen LogP contribution in [0.5, 0.6) is 0 Å². The van der Waals surface area contributed by atoms with Crippen LogP contribution in [-0.2, 0) is 0 Å². The molecule has 0 unspecified atom stereocenters. The van der Waals surface area contributed by atoms with Crippen molar-refractivity contribution < 1.29 is 4.79 Å². The predicted octanol–water partition coefficient (Wildman–Crippen LogP) is 3.99. The van der Waals surface area contributed by atoms with Gasteiger partial charge in [-0.2, -0.15) is 0 Å². The third-order valence-electron chi connectivity index (χ3n) is 3.18. The van der Waals surface area contributed by atoms with Gasteiger partial charge in [-0.15, -0.1) is 0 Å². The Morgan fingerprint density at radius 3 is 2.50 bits per heavy atom. The summed E-state index contributed by atoms with van der Waals surface area (Å²) in [5.41, 5.74) is 4.58. The molecule has 0 saturated heterocycles. The molecule has 2 aromatic carbocycles. The average molecular weight is 268 g/mol. The molecule has 104 valence electrons. The van der Waals surface area contributed by atoms with E-state index in [4.69, 9.17) is 0 Å². The van der Waals surface area contributed by atoms with Crippen molar-refractivity contribution >= 4 is 17.3 Å². The number of carbonyl (C=O) groups is 1. The van der Waals surface area contributed by atoms with Crippen LogP contribution in [0.25, 0.3) is 0 Å². The van der Waals surface area contributed by atoms with E-state index in [9.17, 15) is 4.79 Å². The molecule has 1 amide bonds. The summed E-state index contributed by atoms with van der Waals surface area (Å²) in [6.45, 7) is 6.80. The molecule has 2 N–H and O–H groups in total. The number of hydrogen-bond donors (Lipinski definition) is 2. The van der Waals surface area contributed by atoms with Gasteiger partial charge in [0.2, 0.25) is 0 Å². The number of rotatable bonds is 4. The lowest BCUT2D eigenvalue weighted by Gasteiger charge is -2.13. The van der Waals surface area contributed by atoms with Crippen LogP contribution in [0.15, 0.2) is 42.5 Å². The number of nitrogens with one attached hydrogen (secondary N) is 2. The van der Waals surface area contributed by atoms with Gasteiger partial charge < -0.3 is 10.6 Å². The number of amides is 1. The molecule has 3 nitrogen and oxygen atoms in total. The molecule has 0 aliphatic heterocycles. The number of benzene rings is 2.